The van der Waals surface area contributed by atoms with Gasteiger partial charge in [-0.05, 0) is 29.2 Å². The lowest BCUT2D eigenvalue weighted by atomic mass is 9.65. The summed E-state index contributed by atoms with van der Waals surface area (Å²) in [6.07, 6.45) is 2.13. The summed E-state index contributed by atoms with van der Waals surface area (Å²) in [5.41, 5.74) is 2.39. The minimum Gasteiger partial charge on any atom is -0.465 e. The fourth-order valence-corrected chi connectivity index (χ4v) is 4.41. The molecule has 94 valence electrons. The molecule has 2 rings (SSSR count). The number of thiophene rings is 1. The smallest absolute Gasteiger partial charge is 0.338 e. The summed E-state index contributed by atoms with van der Waals surface area (Å²) >= 11 is 1.70. The lowest BCUT2D eigenvalue weighted by Gasteiger charge is -2.40. The second kappa shape index (κ2) is 3.84. The van der Waals surface area contributed by atoms with Gasteiger partial charge in [-0.1, -0.05) is 27.7 Å². The molecule has 0 spiro atoms. The quantitative estimate of drug-likeness (QED) is 0.711. The van der Waals surface area contributed by atoms with Crippen LogP contribution in [0.2, 0.25) is 0 Å². The van der Waals surface area contributed by atoms with Crippen LogP contribution in [0.1, 0.15) is 54.9 Å². The first kappa shape index (κ1) is 12.6. The standard InChI is InChI=1S/C14H20O2S/c1-13(2)6-9-10(12(15)16-5)7-17-11(9)14(3,4)8-13/h7H,6,8H2,1-5H3. The van der Waals surface area contributed by atoms with Crippen LogP contribution in [0.25, 0.3) is 0 Å². The highest BCUT2D eigenvalue weighted by molar-refractivity contribution is 7.10. The van der Waals surface area contributed by atoms with Crippen molar-refractivity contribution in [3.8, 4) is 0 Å². The van der Waals surface area contributed by atoms with Crippen molar-refractivity contribution in [3.63, 3.8) is 0 Å². The van der Waals surface area contributed by atoms with E-state index in [1.807, 2.05) is 5.38 Å². The summed E-state index contributed by atoms with van der Waals surface area (Å²) in [5.74, 6) is -0.198. The minimum atomic E-state index is -0.198. The number of fused-ring (bicyclic) bond motifs is 1. The van der Waals surface area contributed by atoms with E-state index >= 15 is 0 Å². The molecule has 1 aliphatic carbocycles. The van der Waals surface area contributed by atoms with Gasteiger partial charge >= 0.3 is 5.97 Å². The molecule has 0 unspecified atom stereocenters. The molecule has 0 fully saturated rings. The Hall–Kier alpha value is -0.830. The van der Waals surface area contributed by atoms with Crippen molar-refractivity contribution in [2.45, 2.75) is 46.0 Å². The van der Waals surface area contributed by atoms with Crippen LogP contribution < -0.4 is 0 Å². The van der Waals surface area contributed by atoms with Gasteiger partial charge in [-0.25, -0.2) is 4.79 Å². The maximum absolute atomic E-state index is 11.8. The third-order valence-corrected chi connectivity index (χ3v) is 4.88. The summed E-state index contributed by atoms with van der Waals surface area (Å²) < 4.78 is 4.86. The second-order valence-electron chi connectivity index (χ2n) is 6.35. The summed E-state index contributed by atoms with van der Waals surface area (Å²) in [5, 5.41) is 1.96. The van der Waals surface area contributed by atoms with Crippen molar-refractivity contribution in [3.05, 3.63) is 21.4 Å². The Kier molecular flexibility index (Phi) is 2.85. The average Bonchev–Trinajstić information content (AvgIpc) is 2.57. The first-order chi connectivity index (χ1) is 7.77. The van der Waals surface area contributed by atoms with Crippen molar-refractivity contribution >= 4 is 17.3 Å². The van der Waals surface area contributed by atoms with Crippen molar-refractivity contribution in [1.29, 1.82) is 0 Å². The van der Waals surface area contributed by atoms with Crippen LogP contribution in [0.15, 0.2) is 5.38 Å². The maximum atomic E-state index is 11.8. The van der Waals surface area contributed by atoms with Crippen molar-refractivity contribution in [2.75, 3.05) is 7.11 Å². The van der Waals surface area contributed by atoms with Crippen LogP contribution in [0.4, 0.5) is 0 Å². The molecule has 0 N–H and O–H groups in total. The minimum absolute atomic E-state index is 0.161. The van der Waals surface area contributed by atoms with Crippen LogP contribution in [0.3, 0.4) is 0 Å². The molecule has 1 aliphatic rings. The van der Waals surface area contributed by atoms with Crippen LogP contribution in [-0.4, -0.2) is 13.1 Å². The molecule has 1 heterocycles. The van der Waals surface area contributed by atoms with Gasteiger partial charge in [-0.15, -0.1) is 11.3 Å². The molecule has 0 radical (unpaired) electrons. The molecule has 0 atom stereocenters. The van der Waals surface area contributed by atoms with E-state index in [-0.39, 0.29) is 16.8 Å². The Balaban J connectivity index is 2.53. The fourth-order valence-electron chi connectivity index (χ4n) is 3.22. The number of carbonyl (C=O) groups is 1. The lowest BCUT2D eigenvalue weighted by Crippen LogP contribution is -2.34. The highest BCUT2D eigenvalue weighted by atomic mass is 32.1. The Morgan fingerprint density at radius 3 is 2.59 bits per heavy atom. The van der Waals surface area contributed by atoms with E-state index in [1.165, 1.54) is 17.6 Å². The number of ether oxygens (including phenoxy) is 1. The lowest BCUT2D eigenvalue weighted by molar-refractivity contribution is 0.0598. The molecular formula is C14H20O2S. The Labute approximate surface area is 107 Å². The topological polar surface area (TPSA) is 26.3 Å². The highest BCUT2D eigenvalue weighted by Crippen LogP contribution is 2.49. The van der Waals surface area contributed by atoms with Crippen LogP contribution in [-0.2, 0) is 16.6 Å². The van der Waals surface area contributed by atoms with Crippen LogP contribution in [0.5, 0.6) is 0 Å². The summed E-state index contributed by atoms with van der Waals surface area (Å²) in [7, 11) is 1.45. The average molecular weight is 252 g/mol. The predicted octanol–water partition coefficient (Wildman–Crippen LogP) is 3.78. The van der Waals surface area contributed by atoms with Crippen molar-refractivity contribution in [2.24, 2.45) is 5.41 Å². The second-order valence-corrected chi connectivity index (χ2v) is 7.23. The molecular weight excluding hydrogens is 232 g/mol. The normalized spacial score (nSPS) is 20.8. The summed E-state index contributed by atoms with van der Waals surface area (Å²) in [6, 6.07) is 0. The SMILES string of the molecule is COC(=O)c1csc2c1CC(C)(C)CC2(C)C. The molecule has 1 aromatic rings. The number of rotatable bonds is 1. The molecule has 2 nitrogen and oxygen atoms in total. The number of esters is 1. The van der Waals surface area contributed by atoms with Gasteiger partial charge in [0.15, 0.2) is 0 Å². The van der Waals surface area contributed by atoms with Gasteiger partial charge < -0.3 is 4.74 Å². The third kappa shape index (κ3) is 2.13. The maximum Gasteiger partial charge on any atom is 0.338 e. The number of hydrogen-bond acceptors (Lipinski definition) is 3. The Bertz CT molecular complexity index is 455. The van der Waals surface area contributed by atoms with Gasteiger partial charge in [0.2, 0.25) is 0 Å². The zero-order chi connectivity index (χ0) is 12.8. The van der Waals surface area contributed by atoms with E-state index in [9.17, 15) is 4.79 Å². The van der Waals surface area contributed by atoms with Gasteiger partial charge in [0.1, 0.15) is 0 Å². The zero-order valence-electron chi connectivity index (χ0n) is 11.2. The van der Waals surface area contributed by atoms with E-state index in [1.54, 1.807) is 11.3 Å². The number of carbonyl (C=O) groups excluding carboxylic acids is 1. The number of hydrogen-bond donors (Lipinski definition) is 0. The summed E-state index contributed by atoms with van der Waals surface area (Å²) in [6.45, 7) is 9.08. The van der Waals surface area contributed by atoms with Gasteiger partial charge in [0.25, 0.3) is 0 Å². The fraction of sp³-hybridized carbons (Fsp3) is 0.643. The van der Waals surface area contributed by atoms with Gasteiger partial charge in [-0.3, -0.25) is 0 Å². The molecule has 0 saturated carbocycles. The van der Waals surface area contributed by atoms with Gasteiger partial charge in [-0.2, -0.15) is 0 Å². The molecule has 17 heavy (non-hydrogen) atoms. The van der Waals surface area contributed by atoms with Crippen molar-refractivity contribution in [1.82, 2.24) is 0 Å². The van der Waals surface area contributed by atoms with Crippen molar-refractivity contribution < 1.29 is 9.53 Å². The largest absolute Gasteiger partial charge is 0.465 e. The molecule has 0 amide bonds. The van der Waals surface area contributed by atoms with Crippen LogP contribution >= 0.6 is 11.3 Å². The third-order valence-electron chi connectivity index (χ3n) is 3.49. The first-order valence-corrected chi connectivity index (χ1v) is 6.84. The molecule has 0 aromatic carbocycles. The molecule has 0 saturated heterocycles. The zero-order valence-corrected chi connectivity index (χ0v) is 12.0. The van der Waals surface area contributed by atoms with E-state index in [2.05, 4.69) is 27.7 Å². The van der Waals surface area contributed by atoms with Gasteiger partial charge in [0.05, 0.1) is 12.7 Å². The Morgan fingerprint density at radius 2 is 2.00 bits per heavy atom. The number of methoxy groups -OCH3 is 1. The monoisotopic (exact) mass is 252 g/mol. The van der Waals surface area contributed by atoms with Gasteiger partial charge in [0, 0.05) is 10.3 Å². The highest BCUT2D eigenvalue weighted by Gasteiger charge is 2.40. The summed E-state index contributed by atoms with van der Waals surface area (Å²) in [4.78, 5) is 13.1. The van der Waals surface area contributed by atoms with E-state index in [4.69, 9.17) is 4.74 Å². The molecule has 1 aromatic heterocycles. The molecule has 0 aliphatic heterocycles. The van der Waals surface area contributed by atoms with Crippen LogP contribution in [0, 0.1) is 5.41 Å². The van der Waals surface area contributed by atoms with E-state index in [0.717, 1.165) is 18.4 Å². The molecule has 0 bridgehead atoms. The first-order valence-electron chi connectivity index (χ1n) is 5.96. The predicted molar refractivity (Wildman–Crippen MR) is 70.8 cm³/mol. The van der Waals surface area contributed by atoms with E-state index in [0.29, 0.717) is 0 Å². The van der Waals surface area contributed by atoms with E-state index < -0.39 is 0 Å². The molecule has 3 heteroatoms. The Morgan fingerprint density at radius 1 is 1.35 bits per heavy atom.